The van der Waals surface area contributed by atoms with Crippen molar-refractivity contribution in [1.82, 2.24) is 5.32 Å². The molecule has 14 heavy (non-hydrogen) atoms. The fourth-order valence-corrected chi connectivity index (χ4v) is 1.48. The summed E-state index contributed by atoms with van der Waals surface area (Å²) in [6, 6.07) is 0.603. The first-order chi connectivity index (χ1) is 6.61. The molecule has 5 heteroatoms. The molecule has 0 bridgehead atoms. The maximum Gasteiger partial charge on any atom is 0.194 e. The zero-order valence-electron chi connectivity index (χ0n) is 7.15. The summed E-state index contributed by atoms with van der Waals surface area (Å²) >= 11 is 0. The molecule has 0 unspecified atom stereocenters. The van der Waals surface area contributed by atoms with Gasteiger partial charge in [0.25, 0.3) is 0 Å². The smallest absolute Gasteiger partial charge is 0.194 e. The number of aromatic hydroxyl groups is 1. The van der Waals surface area contributed by atoms with E-state index in [2.05, 4.69) is 5.32 Å². The summed E-state index contributed by atoms with van der Waals surface area (Å²) in [6.07, 6.45) is 0. The lowest BCUT2D eigenvalue weighted by atomic mass is 9.92. The summed E-state index contributed by atoms with van der Waals surface area (Å²) in [6.45, 7) is 0.936. The van der Waals surface area contributed by atoms with Gasteiger partial charge in [-0.05, 0) is 0 Å². The highest BCUT2D eigenvalue weighted by Crippen LogP contribution is 2.33. The van der Waals surface area contributed by atoms with E-state index in [1.54, 1.807) is 0 Å². The standard InChI is InChI=1S/C9H8F3NO/c10-5-1-6(14)7(4-2-13-3-4)9(12)8(5)11/h1,4,13-14H,2-3H2. The molecular weight excluding hydrogens is 195 g/mol. The van der Waals surface area contributed by atoms with E-state index in [0.29, 0.717) is 19.2 Å². The van der Waals surface area contributed by atoms with E-state index in [1.807, 2.05) is 0 Å². The van der Waals surface area contributed by atoms with Gasteiger partial charge in [0.2, 0.25) is 0 Å². The predicted molar refractivity (Wildman–Crippen MR) is 43.6 cm³/mol. The second kappa shape index (κ2) is 3.16. The highest BCUT2D eigenvalue weighted by atomic mass is 19.2. The quantitative estimate of drug-likeness (QED) is 0.678. The Hall–Kier alpha value is -1.23. The number of hydrogen-bond acceptors (Lipinski definition) is 2. The monoisotopic (exact) mass is 203 g/mol. The average molecular weight is 203 g/mol. The fourth-order valence-electron chi connectivity index (χ4n) is 1.48. The SMILES string of the molecule is Oc1cc(F)c(F)c(F)c1C1CNC1. The first-order valence-corrected chi connectivity index (χ1v) is 4.18. The van der Waals surface area contributed by atoms with Crippen LogP contribution < -0.4 is 5.32 Å². The minimum atomic E-state index is -1.52. The van der Waals surface area contributed by atoms with Crippen molar-refractivity contribution in [2.45, 2.75) is 5.92 Å². The number of rotatable bonds is 1. The van der Waals surface area contributed by atoms with Gasteiger partial charge in [0, 0.05) is 30.6 Å². The molecule has 0 amide bonds. The van der Waals surface area contributed by atoms with Crippen molar-refractivity contribution in [2.24, 2.45) is 0 Å². The van der Waals surface area contributed by atoms with Gasteiger partial charge in [-0.25, -0.2) is 13.2 Å². The molecule has 1 aromatic rings. The topological polar surface area (TPSA) is 32.3 Å². The summed E-state index contributed by atoms with van der Waals surface area (Å²) in [7, 11) is 0. The largest absolute Gasteiger partial charge is 0.507 e. The maximum absolute atomic E-state index is 13.2. The summed E-state index contributed by atoms with van der Waals surface area (Å²) in [4.78, 5) is 0. The summed E-state index contributed by atoms with van der Waals surface area (Å²) < 4.78 is 38.6. The Bertz CT molecular complexity index is 377. The number of phenols is 1. The van der Waals surface area contributed by atoms with Crippen molar-refractivity contribution in [3.8, 4) is 5.75 Å². The van der Waals surface area contributed by atoms with Gasteiger partial charge in [0.15, 0.2) is 17.5 Å². The van der Waals surface area contributed by atoms with Crippen LogP contribution in [0.25, 0.3) is 0 Å². The first kappa shape index (κ1) is 9.33. The third-order valence-corrected chi connectivity index (χ3v) is 2.37. The van der Waals surface area contributed by atoms with Crippen LogP contribution >= 0.6 is 0 Å². The van der Waals surface area contributed by atoms with E-state index in [0.717, 1.165) is 0 Å². The van der Waals surface area contributed by atoms with Gasteiger partial charge in [-0.15, -0.1) is 0 Å². The van der Waals surface area contributed by atoms with Crippen LogP contribution in [0.5, 0.6) is 5.75 Å². The molecule has 1 saturated heterocycles. The summed E-state index contributed by atoms with van der Waals surface area (Å²) in [5, 5.41) is 12.1. The second-order valence-corrected chi connectivity index (χ2v) is 3.27. The van der Waals surface area contributed by atoms with E-state index in [4.69, 9.17) is 0 Å². The summed E-state index contributed by atoms with van der Waals surface area (Å²) in [5.41, 5.74) is -0.136. The van der Waals surface area contributed by atoms with Gasteiger partial charge in [-0.1, -0.05) is 0 Å². The molecule has 0 spiro atoms. The number of phenolic OH excluding ortho intramolecular Hbond substituents is 1. The van der Waals surface area contributed by atoms with Crippen LogP contribution in [0, 0.1) is 17.5 Å². The van der Waals surface area contributed by atoms with Crippen LogP contribution in [0.15, 0.2) is 6.07 Å². The second-order valence-electron chi connectivity index (χ2n) is 3.27. The van der Waals surface area contributed by atoms with Crippen LogP contribution in [0.3, 0.4) is 0 Å². The van der Waals surface area contributed by atoms with Crippen molar-refractivity contribution in [3.63, 3.8) is 0 Å². The van der Waals surface area contributed by atoms with Crippen molar-refractivity contribution >= 4 is 0 Å². The minimum Gasteiger partial charge on any atom is -0.507 e. The highest BCUT2D eigenvalue weighted by molar-refractivity contribution is 5.39. The van der Waals surface area contributed by atoms with Gasteiger partial charge < -0.3 is 10.4 Å². The number of hydrogen-bond donors (Lipinski definition) is 2. The molecule has 1 fully saturated rings. The third-order valence-electron chi connectivity index (χ3n) is 2.37. The van der Waals surface area contributed by atoms with E-state index >= 15 is 0 Å². The summed E-state index contributed by atoms with van der Waals surface area (Å²) in [5.74, 6) is -4.97. The van der Waals surface area contributed by atoms with E-state index < -0.39 is 23.2 Å². The molecule has 76 valence electrons. The van der Waals surface area contributed by atoms with Gasteiger partial charge in [-0.3, -0.25) is 0 Å². The zero-order valence-corrected chi connectivity index (χ0v) is 7.15. The van der Waals surface area contributed by atoms with Gasteiger partial charge in [0.1, 0.15) is 5.75 Å². The van der Waals surface area contributed by atoms with Crippen LogP contribution in [0.4, 0.5) is 13.2 Å². The Kier molecular flexibility index (Phi) is 2.11. The molecular formula is C9H8F3NO. The molecule has 0 radical (unpaired) electrons. The minimum absolute atomic E-state index is 0.136. The molecule has 0 atom stereocenters. The van der Waals surface area contributed by atoms with Gasteiger partial charge in [-0.2, -0.15) is 0 Å². The van der Waals surface area contributed by atoms with E-state index in [9.17, 15) is 18.3 Å². The molecule has 0 aromatic heterocycles. The highest BCUT2D eigenvalue weighted by Gasteiger charge is 2.28. The molecule has 2 rings (SSSR count). The van der Waals surface area contributed by atoms with Crippen molar-refractivity contribution in [3.05, 3.63) is 29.1 Å². The van der Waals surface area contributed by atoms with Crippen LogP contribution in [0.2, 0.25) is 0 Å². The molecule has 1 heterocycles. The Labute approximate surface area is 78.4 Å². The molecule has 1 aliphatic heterocycles. The van der Waals surface area contributed by atoms with E-state index in [-0.39, 0.29) is 11.5 Å². The first-order valence-electron chi connectivity index (χ1n) is 4.18. The number of benzene rings is 1. The lowest BCUT2D eigenvalue weighted by molar-refractivity contribution is 0.369. The molecule has 1 aromatic carbocycles. The molecule has 2 nitrogen and oxygen atoms in total. The zero-order chi connectivity index (χ0) is 10.3. The van der Waals surface area contributed by atoms with Gasteiger partial charge in [0.05, 0.1) is 0 Å². The van der Waals surface area contributed by atoms with Crippen LogP contribution in [-0.2, 0) is 0 Å². The predicted octanol–water partition coefficient (Wildman–Crippen LogP) is 1.50. The lowest BCUT2D eigenvalue weighted by Gasteiger charge is -2.28. The Morgan fingerprint density at radius 2 is 1.86 bits per heavy atom. The van der Waals surface area contributed by atoms with Crippen molar-refractivity contribution in [1.29, 1.82) is 0 Å². The normalized spacial score (nSPS) is 16.8. The third kappa shape index (κ3) is 1.24. The Morgan fingerprint density at radius 3 is 2.36 bits per heavy atom. The molecule has 0 aliphatic carbocycles. The average Bonchev–Trinajstić information content (AvgIpc) is 2.05. The van der Waals surface area contributed by atoms with Crippen LogP contribution in [-0.4, -0.2) is 18.2 Å². The molecule has 0 saturated carbocycles. The van der Waals surface area contributed by atoms with Gasteiger partial charge >= 0.3 is 0 Å². The van der Waals surface area contributed by atoms with Crippen LogP contribution in [0.1, 0.15) is 11.5 Å². The number of halogens is 3. The van der Waals surface area contributed by atoms with Crippen molar-refractivity contribution in [2.75, 3.05) is 13.1 Å². The maximum atomic E-state index is 13.2. The van der Waals surface area contributed by atoms with E-state index in [1.165, 1.54) is 0 Å². The Morgan fingerprint density at radius 1 is 1.21 bits per heavy atom. The lowest BCUT2D eigenvalue weighted by Crippen LogP contribution is -2.40. The Balaban J connectivity index is 2.52. The molecule has 1 aliphatic rings. The van der Waals surface area contributed by atoms with Crippen molar-refractivity contribution < 1.29 is 18.3 Å². The molecule has 2 N–H and O–H groups in total. The fraction of sp³-hybridized carbons (Fsp3) is 0.333. The number of nitrogens with one attached hydrogen (secondary N) is 1.